The van der Waals surface area contributed by atoms with Gasteiger partial charge in [0.1, 0.15) is 0 Å². The van der Waals surface area contributed by atoms with Crippen molar-refractivity contribution in [2.45, 2.75) is 57.1 Å². The molecule has 1 heterocycles. The van der Waals surface area contributed by atoms with E-state index in [0.29, 0.717) is 12.3 Å². The van der Waals surface area contributed by atoms with Gasteiger partial charge in [0.05, 0.1) is 6.10 Å². The highest BCUT2D eigenvalue weighted by Gasteiger charge is 2.28. The second kappa shape index (κ2) is 6.53. The van der Waals surface area contributed by atoms with Crippen LogP contribution in [0.3, 0.4) is 0 Å². The zero-order valence-electron chi connectivity index (χ0n) is 11.4. The number of hydrogen-bond acceptors (Lipinski definition) is 3. The van der Waals surface area contributed by atoms with Crippen LogP contribution >= 0.6 is 0 Å². The summed E-state index contributed by atoms with van der Waals surface area (Å²) in [6.45, 7) is 1.58. The molecular weight excluding hydrogens is 228 g/mol. The van der Waals surface area contributed by atoms with Crippen LogP contribution in [0, 0.1) is 5.92 Å². The fourth-order valence-corrected chi connectivity index (χ4v) is 3.06. The standard InChI is InChI=1S/C14H26N2O2/c1-16(10-12-6-2-3-8-18-12)14(17)9-11-5-4-7-13(11)15/h11-13H,2-10,15H2,1H3/t11-,12?,13+/m0/s1. The van der Waals surface area contributed by atoms with Crippen molar-refractivity contribution >= 4 is 5.91 Å². The van der Waals surface area contributed by atoms with Gasteiger partial charge in [-0.25, -0.2) is 0 Å². The normalized spacial score (nSPS) is 32.4. The zero-order valence-corrected chi connectivity index (χ0v) is 11.4. The number of amides is 1. The van der Waals surface area contributed by atoms with Gasteiger partial charge in [0, 0.05) is 32.7 Å². The first kappa shape index (κ1) is 13.8. The lowest BCUT2D eigenvalue weighted by molar-refractivity contribution is -0.133. The Morgan fingerprint density at radius 3 is 2.72 bits per heavy atom. The van der Waals surface area contributed by atoms with Crippen molar-refractivity contribution in [1.29, 1.82) is 0 Å². The highest BCUT2D eigenvalue weighted by Crippen LogP contribution is 2.27. The van der Waals surface area contributed by atoms with E-state index in [2.05, 4.69) is 0 Å². The summed E-state index contributed by atoms with van der Waals surface area (Å²) in [5, 5.41) is 0. The van der Waals surface area contributed by atoms with Crippen molar-refractivity contribution in [1.82, 2.24) is 4.90 Å². The molecule has 2 fully saturated rings. The van der Waals surface area contributed by atoms with Crippen LogP contribution < -0.4 is 5.73 Å². The maximum Gasteiger partial charge on any atom is 0.222 e. The van der Waals surface area contributed by atoms with Gasteiger partial charge in [0.25, 0.3) is 0 Å². The Morgan fingerprint density at radius 2 is 2.11 bits per heavy atom. The van der Waals surface area contributed by atoms with E-state index in [9.17, 15) is 4.79 Å². The molecule has 2 rings (SSSR count). The lowest BCUT2D eigenvalue weighted by atomic mass is 9.99. The molecule has 2 N–H and O–H groups in total. The van der Waals surface area contributed by atoms with E-state index in [1.165, 1.54) is 12.8 Å². The minimum Gasteiger partial charge on any atom is -0.376 e. The molecule has 0 radical (unpaired) electrons. The van der Waals surface area contributed by atoms with Crippen molar-refractivity contribution in [2.24, 2.45) is 11.7 Å². The van der Waals surface area contributed by atoms with Gasteiger partial charge < -0.3 is 15.4 Å². The molecule has 1 unspecified atom stereocenters. The molecule has 3 atom stereocenters. The summed E-state index contributed by atoms with van der Waals surface area (Å²) >= 11 is 0. The monoisotopic (exact) mass is 254 g/mol. The molecule has 1 amide bonds. The third kappa shape index (κ3) is 3.69. The number of nitrogens with two attached hydrogens (primary N) is 1. The van der Waals surface area contributed by atoms with E-state index in [4.69, 9.17) is 10.5 Å². The molecule has 4 heteroatoms. The number of likely N-dealkylation sites (N-methyl/N-ethyl adjacent to an activating group) is 1. The summed E-state index contributed by atoms with van der Waals surface area (Å²) in [5.41, 5.74) is 6.02. The summed E-state index contributed by atoms with van der Waals surface area (Å²) in [6, 6.07) is 0.230. The van der Waals surface area contributed by atoms with Crippen LogP contribution in [-0.4, -0.2) is 43.2 Å². The van der Waals surface area contributed by atoms with Crippen LogP contribution in [0.2, 0.25) is 0 Å². The van der Waals surface area contributed by atoms with Crippen LogP contribution in [-0.2, 0) is 9.53 Å². The molecule has 1 aliphatic carbocycles. The van der Waals surface area contributed by atoms with E-state index in [1.807, 2.05) is 11.9 Å². The highest BCUT2D eigenvalue weighted by molar-refractivity contribution is 5.76. The first-order valence-corrected chi connectivity index (χ1v) is 7.28. The maximum atomic E-state index is 12.1. The van der Waals surface area contributed by atoms with Crippen LogP contribution in [0.4, 0.5) is 0 Å². The van der Waals surface area contributed by atoms with Crippen LogP contribution in [0.15, 0.2) is 0 Å². The minimum absolute atomic E-state index is 0.228. The number of nitrogens with zero attached hydrogens (tertiary/aromatic N) is 1. The summed E-state index contributed by atoms with van der Waals surface area (Å²) < 4.78 is 5.67. The second-order valence-electron chi connectivity index (χ2n) is 5.82. The van der Waals surface area contributed by atoms with Gasteiger partial charge in [-0.3, -0.25) is 4.79 Å². The van der Waals surface area contributed by atoms with Gasteiger partial charge in [-0.05, 0) is 38.0 Å². The van der Waals surface area contributed by atoms with Gasteiger partial charge in [-0.15, -0.1) is 0 Å². The van der Waals surface area contributed by atoms with Crippen molar-refractivity contribution in [3.8, 4) is 0 Å². The van der Waals surface area contributed by atoms with Gasteiger partial charge in [0.15, 0.2) is 0 Å². The fraction of sp³-hybridized carbons (Fsp3) is 0.929. The molecule has 0 aromatic rings. The molecule has 1 saturated heterocycles. The number of carbonyl (C=O) groups excluding carboxylic acids is 1. The predicted molar refractivity (Wildman–Crippen MR) is 71.2 cm³/mol. The Labute approximate surface area is 110 Å². The lowest BCUT2D eigenvalue weighted by Gasteiger charge is -2.28. The Bertz CT molecular complexity index is 277. The van der Waals surface area contributed by atoms with Crippen LogP contribution in [0.1, 0.15) is 44.9 Å². The van der Waals surface area contributed by atoms with Gasteiger partial charge in [-0.2, -0.15) is 0 Å². The van der Waals surface area contributed by atoms with Crippen LogP contribution in [0.25, 0.3) is 0 Å². The third-order valence-electron chi connectivity index (χ3n) is 4.33. The molecule has 4 nitrogen and oxygen atoms in total. The van der Waals surface area contributed by atoms with E-state index in [0.717, 1.165) is 38.8 Å². The average Bonchev–Trinajstić information content (AvgIpc) is 2.76. The largest absolute Gasteiger partial charge is 0.376 e. The van der Waals surface area contributed by atoms with Crippen molar-refractivity contribution in [3.05, 3.63) is 0 Å². The fourth-order valence-electron chi connectivity index (χ4n) is 3.06. The first-order valence-electron chi connectivity index (χ1n) is 7.28. The predicted octanol–water partition coefficient (Wildman–Crippen LogP) is 1.53. The average molecular weight is 254 g/mol. The number of hydrogen-bond donors (Lipinski definition) is 1. The minimum atomic E-state index is 0.228. The molecule has 2 aliphatic rings. The van der Waals surface area contributed by atoms with E-state index in [-0.39, 0.29) is 18.1 Å². The highest BCUT2D eigenvalue weighted by atomic mass is 16.5. The number of ether oxygens (including phenoxy) is 1. The maximum absolute atomic E-state index is 12.1. The second-order valence-corrected chi connectivity index (χ2v) is 5.82. The molecule has 0 bridgehead atoms. The Hall–Kier alpha value is -0.610. The van der Waals surface area contributed by atoms with Crippen molar-refractivity contribution in [2.75, 3.05) is 20.2 Å². The molecular formula is C14H26N2O2. The summed E-state index contributed by atoms with van der Waals surface area (Å²) in [4.78, 5) is 14.0. The van der Waals surface area contributed by atoms with Crippen molar-refractivity contribution < 1.29 is 9.53 Å². The summed E-state index contributed by atoms with van der Waals surface area (Å²) in [5.74, 6) is 0.624. The molecule has 1 aliphatic heterocycles. The van der Waals surface area contributed by atoms with E-state index >= 15 is 0 Å². The van der Waals surface area contributed by atoms with E-state index < -0.39 is 0 Å². The van der Waals surface area contributed by atoms with Gasteiger partial charge >= 0.3 is 0 Å². The first-order chi connectivity index (χ1) is 8.66. The van der Waals surface area contributed by atoms with Crippen molar-refractivity contribution in [3.63, 3.8) is 0 Å². The van der Waals surface area contributed by atoms with Crippen LogP contribution in [0.5, 0.6) is 0 Å². The number of carbonyl (C=O) groups is 1. The lowest BCUT2D eigenvalue weighted by Crippen LogP contribution is -2.39. The molecule has 0 aromatic heterocycles. The molecule has 0 spiro atoms. The molecule has 1 saturated carbocycles. The van der Waals surface area contributed by atoms with Gasteiger partial charge in [-0.1, -0.05) is 6.42 Å². The number of rotatable bonds is 4. The SMILES string of the molecule is CN(CC1CCCCO1)C(=O)C[C@@H]1CCC[C@H]1N. The third-order valence-corrected chi connectivity index (χ3v) is 4.33. The molecule has 18 heavy (non-hydrogen) atoms. The Balaban J connectivity index is 1.73. The Kier molecular flexibility index (Phi) is 5.01. The van der Waals surface area contributed by atoms with Gasteiger partial charge in [0.2, 0.25) is 5.91 Å². The Morgan fingerprint density at radius 1 is 1.28 bits per heavy atom. The summed E-state index contributed by atoms with van der Waals surface area (Å²) in [7, 11) is 1.89. The smallest absolute Gasteiger partial charge is 0.222 e. The molecule has 0 aromatic carbocycles. The summed E-state index contributed by atoms with van der Waals surface area (Å²) in [6.07, 6.45) is 7.68. The quantitative estimate of drug-likeness (QED) is 0.828. The zero-order chi connectivity index (χ0) is 13.0. The topological polar surface area (TPSA) is 55.6 Å². The van der Waals surface area contributed by atoms with E-state index in [1.54, 1.807) is 0 Å². The molecule has 104 valence electrons.